The number of ether oxygens (including phenoxy) is 2. The summed E-state index contributed by atoms with van der Waals surface area (Å²) in [5.41, 5.74) is 30.8. The lowest BCUT2D eigenvalue weighted by Crippen LogP contribution is -2.35. The number of amides is 4. The number of carbonyl (C=O) groups is 4. The van der Waals surface area contributed by atoms with Gasteiger partial charge < -0.3 is 67.0 Å². The summed E-state index contributed by atoms with van der Waals surface area (Å²) >= 11 is 13.4. The Morgan fingerprint density at radius 1 is 0.481 bits per heavy atom. The number of halogens is 4. The second-order valence-corrected chi connectivity index (χ2v) is 32.0. The number of nitrogens with zero attached hydrogens (tertiary/aromatic N) is 6. The molecular formula is C78H80Br4N16O10. The number of anilines is 7. The molecule has 560 valence electrons. The zero-order valence-electron chi connectivity index (χ0n) is 60.3. The number of nitrogens with two attached hydrogens (primary N) is 2. The maximum Gasteiger partial charge on any atom is 0.414 e. The maximum atomic E-state index is 12.4. The molecule has 4 amide bonds. The van der Waals surface area contributed by atoms with E-state index in [0.717, 1.165) is 153 Å². The highest BCUT2D eigenvalue weighted by Crippen LogP contribution is 2.43. The number of likely N-dealkylation sites (N-methyl/N-ethyl adjacent to an activating group) is 1. The average Bonchev–Trinajstić information content (AvgIpc) is 1.61. The molecule has 0 fully saturated rings. The van der Waals surface area contributed by atoms with Crippen LogP contribution in [0.5, 0.6) is 0 Å². The Morgan fingerprint density at radius 2 is 0.926 bits per heavy atom. The maximum absolute atomic E-state index is 12.4. The van der Waals surface area contributed by atoms with Gasteiger partial charge in [-0.25, -0.2) is 9.59 Å². The minimum absolute atomic E-state index is 0.0563. The first-order valence-electron chi connectivity index (χ1n) is 35.0. The van der Waals surface area contributed by atoms with E-state index < -0.39 is 22.2 Å². The fourth-order valence-corrected chi connectivity index (χ4v) is 16.3. The number of aromatic nitrogens is 4. The van der Waals surface area contributed by atoms with Crippen molar-refractivity contribution in [1.82, 2.24) is 19.9 Å². The molecule has 7 aromatic carbocycles. The van der Waals surface area contributed by atoms with E-state index in [1.165, 1.54) is 60.3 Å². The molecule has 108 heavy (non-hydrogen) atoms. The van der Waals surface area contributed by atoms with Crippen LogP contribution < -0.4 is 47.4 Å². The van der Waals surface area contributed by atoms with E-state index in [9.17, 15) is 39.4 Å². The Hall–Kier alpha value is -10.6. The number of nitro benzene ring substituents is 2. The van der Waals surface area contributed by atoms with Crippen LogP contribution in [-0.2, 0) is 54.4 Å². The summed E-state index contributed by atoms with van der Waals surface area (Å²) in [6.45, 7) is 17.0. The van der Waals surface area contributed by atoms with Gasteiger partial charge in [0.25, 0.3) is 23.2 Å². The van der Waals surface area contributed by atoms with Gasteiger partial charge in [-0.15, -0.1) is 0 Å². The predicted molar refractivity (Wildman–Crippen MR) is 439 cm³/mol. The molecule has 7 aliphatic rings. The summed E-state index contributed by atoms with van der Waals surface area (Å²) in [5, 5.41) is 47.9. The van der Waals surface area contributed by atoms with Crippen LogP contribution in [0, 0.1) is 31.6 Å². The van der Waals surface area contributed by atoms with Gasteiger partial charge in [-0.05, 0) is 252 Å². The molecule has 18 rings (SSSR count). The van der Waals surface area contributed by atoms with Crippen molar-refractivity contribution >= 4 is 183 Å². The topological polar surface area (TPSA) is 370 Å². The smallest absolute Gasteiger partial charge is 0.414 e. The molecule has 26 nitrogen and oxygen atoms in total. The highest BCUT2D eigenvalue weighted by atomic mass is 79.9. The molecule has 0 radical (unpaired) electrons. The fourth-order valence-electron chi connectivity index (χ4n) is 14.2. The highest BCUT2D eigenvalue weighted by molar-refractivity contribution is 9.11. The number of hydrogen-bond acceptors (Lipinski definition) is 16. The molecule has 7 aliphatic heterocycles. The first kappa shape index (κ1) is 77.0. The summed E-state index contributed by atoms with van der Waals surface area (Å²) in [7, 11) is 2.07. The van der Waals surface area contributed by atoms with E-state index in [-0.39, 0.29) is 34.2 Å². The number of aromatic amines is 4. The van der Waals surface area contributed by atoms with Crippen molar-refractivity contribution in [1.29, 1.82) is 5.26 Å². The summed E-state index contributed by atoms with van der Waals surface area (Å²) < 4.78 is 14.0. The van der Waals surface area contributed by atoms with Gasteiger partial charge >= 0.3 is 12.2 Å². The van der Waals surface area contributed by atoms with E-state index >= 15 is 0 Å². The van der Waals surface area contributed by atoms with E-state index in [1.54, 1.807) is 37.8 Å². The average molecular weight is 1720 g/mol. The molecule has 0 saturated heterocycles. The number of carbonyl (C=O) groups excluding carboxylic acids is 4. The minimum Gasteiger partial charge on any atom is -0.443 e. The van der Waals surface area contributed by atoms with E-state index in [2.05, 4.69) is 147 Å². The third kappa shape index (κ3) is 16.7. The zero-order valence-corrected chi connectivity index (χ0v) is 66.6. The molecular weight excluding hydrogens is 1640 g/mol. The van der Waals surface area contributed by atoms with Crippen molar-refractivity contribution in [3.05, 3.63) is 210 Å². The van der Waals surface area contributed by atoms with Crippen LogP contribution in [0.2, 0.25) is 0 Å². The van der Waals surface area contributed by atoms with Crippen molar-refractivity contribution in [2.45, 2.75) is 97.7 Å². The summed E-state index contributed by atoms with van der Waals surface area (Å²) in [6, 6.07) is 30.9. The molecule has 30 heteroatoms. The van der Waals surface area contributed by atoms with Gasteiger partial charge in [0, 0.05) is 149 Å². The van der Waals surface area contributed by atoms with Crippen LogP contribution in [0.1, 0.15) is 107 Å². The van der Waals surface area contributed by atoms with Gasteiger partial charge in [-0.1, -0.05) is 15.9 Å². The van der Waals surface area contributed by atoms with Crippen LogP contribution in [0.3, 0.4) is 0 Å². The fraction of sp³-hybridized carbons (Fsp3) is 0.295. The number of hydrogen-bond donors (Lipinski definition) is 10. The van der Waals surface area contributed by atoms with Gasteiger partial charge in [-0.2, -0.15) is 5.26 Å². The van der Waals surface area contributed by atoms with Crippen LogP contribution in [0.15, 0.2) is 134 Å². The van der Waals surface area contributed by atoms with E-state index in [0.29, 0.717) is 45.3 Å². The first-order chi connectivity index (χ1) is 51.4. The minimum atomic E-state index is -0.596. The van der Waals surface area contributed by atoms with Gasteiger partial charge in [0.05, 0.1) is 68.9 Å². The number of nitrogens with one attached hydrogen (secondary N) is 8. The number of nitro groups is 2. The molecule has 0 spiro atoms. The van der Waals surface area contributed by atoms with Crippen molar-refractivity contribution in [3.63, 3.8) is 0 Å². The quantitative estimate of drug-likeness (QED) is 0.0578. The van der Waals surface area contributed by atoms with Gasteiger partial charge in [0.15, 0.2) is 0 Å². The molecule has 11 aromatic rings. The second-order valence-electron chi connectivity index (χ2n) is 28.5. The molecule has 0 atom stereocenters. The summed E-state index contributed by atoms with van der Waals surface area (Å²) in [6.07, 6.45) is 13.3. The molecule has 12 N–H and O–H groups in total. The van der Waals surface area contributed by atoms with Crippen molar-refractivity contribution < 1.29 is 38.5 Å². The Kier molecular flexibility index (Phi) is 22.9. The van der Waals surface area contributed by atoms with Crippen LogP contribution in [0.25, 0.3) is 43.6 Å². The molecule has 0 unspecified atom stereocenters. The number of rotatable bonds is 4. The second kappa shape index (κ2) is 32.1. The third-order valence-electron chi connectivity index (χ3n) is 18.9. The van der Waals surface area contributed by atoms with Crippen molar-refractivity contribution in [2.24, 2.45) is 11.5 Å². The van der Waals surface area contributed by atoms with Crippen LogP contribution in [-0.4, -0.2) is 118 Å². The molecule has 0 saturated carbocycles. The van der Waals surface area contributed by atoms with Crippen molar-refractivity contribution in [3.8, 4) is 6.07 Å². The van der Waals surface area contributed by atoms with Gasteiger partial charge in [0.2, 0.25) is 0 Å². The molecule has 4 aromatic heterocycles. The number of primary amides is 2. The largest absolute Gasteiger partial charge is 0.443 e. The van der Waals surface area contributed by atoms with Crippen LogP contribution >= 0.6 is 63.7 Å². The first-order valence-corrected chi connectivity index (χ1v) is 38.2. The number of H-pyrrole nitrogens is 4. The predicted octanol–water partition coefficient (Wildman–Crippen LogP) is 17.1. The third-order valence-corrected chi connectivity index (χ3v) is 21.3. The lowest BCUT2D eigenvalue weighted by Gasteiger charge is -2.25. The van der Waals surface area contributed by atoms with Gasteiger partial charge in [-0.3, -0.25) is 39.6 Å². The standard InChI is InChI=1S/C15H17BrN2O2.C13H15BrN2O4.C12H13N3O.C11H11N3O.C11H9N3.C8H7BrN2O2.C8H8BrN/c1-15(2,3)20-14(19)18-7-5-9-8-11(16)12-10(13(9)18)4-6-17-12;1-13(2,3)20-12(17)15-5-4-8-6-9(14)11(16(18)19)7-10(8)15;1-15-5-3-7-6-9(12(13)16)10-8(11(7)15)2-4-14-10;12-11(15)8-5-6-1-3-13-9(6)7-2-4-14-10(7)8;12-6-8-5-7-1-3-13-10(7)9-2-4-14-11(8)9;9-6-3-5-1-2-10-7(5)4-8(6)11(12)13;9-7-1-2-8-6(5-7)3-4-10-8/h4,6,8,17H,5,7H2,1-3H3;6-7H,4-5H2,1-3H3;2,4,6,14H,3,5H2,1H3,(H2,13,16);2,4-5,13-14H,1,3H2,(H2,12,15);2,4-5,13-14H,1,3H2;3-4,10H,1-2H2;1-2,5,10H,3-4H2. The monoisotopic (exact) mass is 1720 g/mol. The Balaban J connectivity index is 0.000000119. The molecule has 0 bridgehead atoms. The lowest BCUT2D eigenvalue weighted by molar-refractivity contribution is -0.385. The van der Waals surface area contributed by atoms with Crippen molar-refractivity contribution in [2.75, 3.05) is 88.8 Å². The SMILES string of the molecule is Brc1ccc2c(c1)CCN2.CC(C)(C)OC(=O)N1CCc2cc(Br)c([N+](=O)[O-])cc21.CC(C)(C)OC(=O)N1CCc2cc(Br)c3[nH]ccc3c21.CN1CCc2cc(C(N)=O)c3[nH]ccc3c21.N#Cc1cc2c(c3cc[nH]c13)NCC2.NC(=O)c1cc2c(c3cc[nH]c13)NCC2.O=[N+]([O-])c1cc2c(cc1Br)CCN2. The molecule has 0 aliphatic carbocycles. The van der Waals surface area contributed by atoms with E-state index in [1.807, 2.05) is 94.1 Å². The number of nitriles is 1. The Labute approximate surface area is 655 Å². The highest BCUT2D eigenvalue weighted by Gasteiger charge is 2.34. The number of benzene rings is 7. The Morgan fingerprint density at radius 3 is 1.52 bits per heavy atom. The number of fused-ring (bicyclic) bond motifs is 15. The zero-order chi connectivity index (χ0) is 77.2. The van der Waals surface area contributed by atoms with Crippen LogP contribution in [0.4, 0.5) is 60.8 Å². The summed E-state index contributed by atoms with van der Waals surface area (Å²) in [4.78, 5) is 85.7. The van der Waals surface area contributed by atoms with E-state index in [4.69, 9.17) is 26.2 Å². The molecule has 11 heterocycles. The normalized spacial score (nSPS) is 14.1. The van der Waals surface area contributed by atoms with Gasteiger partial charge in [0.1, 0.15) is 17.3 Å². The summed E-state index contributed by atoms with van der Waals surface area (Å²) in [5.74, 6) is -0.748. The lowest BCUT2D eigenvalue weighted by atomic mass is 10.0. The Bertz CT molecular complexity index is 5430.